The molecule has 1 N–H and O–H groups in total. The molecule has 0 bridgehead atoms. The second kappa shape index (κ2) is 6.55. The molecule has 1 saturated heterocycles. The molecule has 104 valence electrons. The van der Waals surface area contributed by atoms with Crippen LogP contribution in [0.2, 0.25) is 0 Å². The lowest BCUT2D eigenvalue weighted by molar-refractivity contribution is -0.124. The summed E-state index contributed by atoms with van der Waals surface area (Å²) in [4.78, 5) is 14.6. The molecular formula is C15H28N2O. The third-order valence-electron chi connectivity index (χ3n) is 4.37. The Morgan fingerprint density at radius 3 is 2.61 bits per heavy atom. The van der Waals surface area contributed by atoms with E-state index in [4.69, 9.17) is 0 Å². The number of nitrogens with one attached hydrogen (secondary N) is 1. The molecule has 0 radical (unpaired) electrons. The van der Waals surface area contributed by atoms with E-state index in [1.165, 1.54) is 32.1 Å². The van der Waals surface area contributed by atoms with Crippen molar-refractivity contribution in [3.05, 3.63) is 0 Å². The number of likely N-dealkylation sites (tertiary alicyclic amines) is 1. The molecule has 1 atom stereocenters. The highest BCUT2D eigenvalue weighted by Crippen LogP contribution is 2.27. The van der Waals surface area contributed by atoms with Gasteiger partial charge in [0, 0.05) is 19.1 Å². The largest absolute Gasteiger partial charge is 0.356 e. The summed E-state index contributed by atoms with van der Waals surface area (Å²) >= 11 is 0. The molecule has 1 aliphatic heterocycles. The van der Waals surface area contributed by atoms with Gasteiger partial charge in [-0.15, -0.1) is 0 Å². The molecule has 0 aromatic carbocycles. The SMILES string of the molecule is CC(C)CNC(=O)C1CCN(C2CCCCC2)C1. The molecule has 0 aromatic heterocycles. The van der Waals surface area contributed by atoms with Gasteiger partial charge >= 0.3 is 0 Å². The van der Waals surface area contributed by atoms with Crippen LogP contribution in [0.15, 0.2) is 0 Å². The van der Waals surface area contributed by atoms with Crippen molar-refractivity contribution >= 4 is 5.91 Å². The molecule has 18 heavy (non-hydrogen) atoms. The molecule has 0 spiro atoms. The van der Waals surface area contributed by atoms with Crippen LogP contribution < -0.4 is 5.32 Å². The Balaban J connectivity index is 1.75. The number of carbonyl (C=O) groups is 1. The second-order valence-electron chi connectivity index (χ2n) is 6.41. The quantitative estimate of drug-likeness (QED) is 0.833. The number of hydrogen-bond acceptors (Lipinski definition) is 2. The van der Waals surface area contributed by atoms with Gasteiger partial charge in [0.1, 0.15) is 0 Å². The number of hydrogen-bond donors (Lipinski definition) is 1. The minimum absolute atomic E-state index is 0.241. The Morgan fingerprint density at radius 1 is 1.22 bits per heavy atom. The van der Waals surface area contributed by atoms with Gasteiger partial charge in [-0.05, 0) is 31.7 Å². The third kappa shape index (κ3) is 3.71. The van der Waals surface area contributed by atoms with E-state index in [1.807, 2.05) is 0 Å². The third-order valence-corrected chi connectivity index (χ3v) is 4.37. The van der Waals surface area contributed by atoms with Crippen molar-refractivity contribution in [3.63, 3.8) is 0 Å². The topological polar surface area (TPSA) is 32.3 Å². The Morgan fingerprint density at radius 2 is 1.94 bits per heavy atom. The first kappa shape index (κ1) is 13.9. The fourth-order valence-corrected chi connectivity index (χ4v) is 3.23. The van der Waals surface area contributed by atoms with Crippen LogP contribution in [0.25, 0.3) is 0 Å². The summed E-state index contributed by atoms with van der Waals surface area (Å²) in [6, 6.07) is 0.765. The molecule has 1 amide bonds. The lowest BCUT2D eigenvalue weighted by Crippen LogP contribution is -2.38. The van der Waals surface area contributed by atoms with Gasteiger partial charge in [0.2, 0.25) is 5.91 Å². The number of carbonyl (C=O) groups excluding carboxylic acids is 1. The molecule has 1 heterocycles. The van der Waals surface area contributed by atoms with Crippen molar-refractivity contribution in [1.29, 1.82) is 0 Å². The van der Waals surface area contributed by atoms with Crippen LogP contribution in [0.4, 0.5) is 0 Å². The average Bonchev–Trinajstić information content (AvgIpc) is 2.86. The Bertz CT molecular complexity index is 272. The molecule has 0 aromatic rings. The van der Waals surface area contributed by atoms with Crippen LogP contribution in [0, 0.1) is 11.8 Å². The molecule has 3 heteroatoms. The number of rotatable bonds is 4. The van der Waals surface area contributed by atoms with E-state index >= 15 is 0 Å². The van der Waals surface area contributed by atoms with Crippen LogP contribution in [0.3, 0.4) is 0 Å². The first-order valence-electron chi connectivity index (χ1n) is 7.68. The Hall–Kier alpha value is -0.570. The highest BCUT2D eigenvalue weighted by atomic mass is 16.1. The van der Waals surface area contributed by atoms with Gasteiger partial charge in [0.15, 0.2) is 0 Å². The van der Waals surface area contributed by atoms with E-state index in [-0.39, 0.29) is 11.8 Å². The molecular weight excluding hydrogens is 224 g/mol. The number of amides is 1. The second-order valence-corrected chi connectivity index (χ2v) is 6.41. The predicted molar refractivity (Wildman–Crippen MR) is 74.4 cm³/mol. The van der Waals surface area contributed by atoms with Crippen LogP contribution >= 0.6 is 0 Å². The van der Waals surface area contributed by atoms with Gasteiger partial charge in [0.05, 0.1) is 5.92 Å². The maximum atomic E-state index is 12.0. The molecule has 3 nitrogen and oxygen atoms in total. The normalized spacial score (nSPS) is 26.7. The van der Waals surface area contributed by atoms with Crippen molar-refractivity contribution in [2.75, 3.05) is 19.6 Å². The van der Waals surface area contributed by atoms with Crippen molar-refractivity contribution in [1.82, 2.24) is 10.2 Å². The van der Waals surface area contributed by atoms with Crippen LogP contribution in [0.5, 0.6) is 0 Å². The van der Waals surface area contributed by atoms with Gasteiger partial charge in [-0.3, -0.25) is 9.69 Å². The molecule has 1 unspecified atom stereocenters. The smallest absolute Gasteiger partial charge is 0.224 e. The maximum absolute atomic E-state index is 12.0. The highest BCUT2D eigenvalue weighted by molar-refractivity contribution is 5.79. The standard InChI is InChI=1S/C15H28N2O/c1-12(2)10-16-15(18)13-8-9-17(11-13)14-6-4-3-5-7-14/h12-14H,3-11H2,1-2H3,(H,16,18). The zero-order chi connectivity index (χ0) is 13.0. The van der Waals surface area contributed by atoms with E-state index < -0.39 is 0 Å². The minimum atomic E-state index is 0.241. The molecule has 2 fully saturated rings. The molecule has 2 rings (SSSR count). The monoisotopic (exact) mass is 252 g/mol. The summed E-state index contributed by atoms with van der Waals surface area (Å²) in [5.74, 6) is 1.07. The summed E-state index contributed by atoms with van der Waals surface area (Å²) in [6.07, 6.45) is 7.92. The van der Waals surface area contributed by atoms with Crippen LogP contribution in [0.1, 0.15) is 52.4 Å². The van der Waals surface area contributed by atoms with Gasteiger partial charge in [-0.2, -0.15) is 0 Å². The summed E-state index contributed by atoms with van der Waals surface area (Å²) in [5.41, 5.74) is 0. The summed E-state index contributed by atoms with van der Waals surface area (Å²) in [5, 5.41) is 3.08. The lowest BCUT2D eigenvalue weighted by Gasteiger charge is -2.30. The average molecular weight is 252 g/mol. The molecule has 2 aliphatic rings. The zero-order valence-electron chi connectivity index (χ0n) is 12.0. The van der Waals surface area contributed by atoms with Crippen LogP contribution in [-0.4, -0.2) is 36.5 Å². The van der Waals surface area contributed by atoms with Crippen LogP contribution in [-0.2, 0) is 4.79 Å². The van der Waals surface area contributed by atoms with E-state index in [0.29, 0.717) is 5.92 Å². The lowest BCUT2D eigenvalue weighted by atomic mass is 9.94. The number of nitrogens with zero attached hydrogens (tertiary/aromatic N) is 1. The zero-order valence-corrected chi connectivity index (χ0v) is 12.0. The summed E-state index contributed by atoms with van der Waals surface area (Å²) < 4.78 is 0. The van der Waals surface area contributed by atoms with E-state index in [9.17, 15) is 4.79 Å². The summed E-state index contributed by atoms with van der Waals surface area (Å²) in [6.45, 7) is 7.23. The van der Waals surface area contributed by atoms with E-state index in [0.717, 1.165) is 32.1 Å². The fraction of sp³-hybridized carbons (Fsp3) is 0.933. The van der Waals surface area contributed by atoms with Crippen molar-refractivity contribution in [2.45, 2.75) is 58.4 Å². The maximum Gasteiger partial charge on any atom is 0.224 e. The highest BCUT2D eigenvalue weighted by Gasteiger charge is 2.32. The van der Waals surface area contributed by atoms with Crippen molar-refractivity contribution in [2.24, 2.45) is 11.8 Å². The van der Waals surface area contributed by atoms with Crippen molar-refractivity contribution in [3.8, 4) is 0 Å². The van der Waals surface area contributed by atoms with Crippen molar-refractivity contribution < 1.29 is 4.79 Å². The van der Waals surface area contributed by atoms with Gasteiger partial charge in [-0.25, -0.2) is 0 Å². The van der Waals surface area contributed by atoms with Gasteiger partial charge < -0.3 is 5.32 Å². The first-order chi connectivity index (χ1) is 8.66. The van der Waals surface area contributed by atoms with E-state index in [1.54, 1.807) is 0 Å². The molecule has 1 aliphatic carbocycles. The minimum Gasteiger partial charge on any atom is -0.356 e. The van der Waals surface area contributed by atoms with Gasteiger partial charge in [-0.1, -0.05) is 33.1 Å². The van der Waals surface area contributed by atoms with Gasteiger partial charge in [0.25, 0.3) is 0 Å². The van der Waals surface area contributed by atoms with E-state index in [2.05, 4.69) is 24.1 Å². The first-order valence-corrected chi connectivity index (χ1v) is 7.68. The fourth-order valence-electron chi connectivity index (χ4n) is 3.23. The Labute approximate surface area is 111 Å². The molecule has 1 saturated carbocycles. The Kier molecular flexibility index (Phi) is 5.04. The summed E-state index contributed by atoms with van der Waals surface area (Å²) in [7, 11) is 0. The predicted octanol–water partition coefficient (Wildman–Crippen LogP) is 2.41.